The maximum absolute atomic E-state index is 5.21. The minimum absolute atomic E-state index is 0.609. The highest BCUT2D eigenvalue weighted by Gasteiger charge is 2.24. The highest BCUT2D eigenvalue weighted by molar-refractivity contribution is 7.27. The summed E-state index contributed by atoms with van der Waals surface area (Å²) in [7, 11) is 0. The molecule has 46 heavy (non-hydrogen) atoms. The van der Waals surface area contributed by atoms with Gasteiger partial charge in [-0.25, -0.2) is 4.98 Å². The summed E-state index contributed by atoms with van der Waals surface area (Å²) < 4.78 is 4.78. The third-order valence-electron chi connectivity index (χ3n) is 9.02. The van der Waals surface area contributed by atoms with Gasteiger partial charge in [0.25, 0.3) is 0 Å². The lowest BCUT2D eigenvalue weighted by Crippen LogP contribution is -2.06. The van der Waals surface area contributed by atoms with Crippen LogP contribution in [0.4, 0.5) is 0 Å². The minimum atomic E-state index is 0.609. The second kappa shape index (κ2) is 9.80. The van der Waals surface area contributed by atoms with Gasteiger partial charge in [0.05, 0.1) is 15.7 Å². The van der Waals surface area contributed by atoms with Crippen LogP contribution in [0.1, 0.15) is 0 Å². The molecule has 5 heteroatoms. The largest absolute Gasteiger partial charge is 0.276 e. The molecule has 0 fully saturated rings. The number of para-hydroxylation sites is 1. The predicted octanol–water partition coefficient (Wildman–Crippen LogP) is 11.0. The average Bonchev–Trinajstić information content (AvgIpc) is 3.70. The molecule has 0 saturated carbocycles. The lowest BCUT2D eigenvalue weighted by Gasteiger charge is -2.12. The Morgan fingerprint density at radius 2 is 1.00 bits per heavy atom. The summed E-state index contributed by atoms with van der Waals surface area (Å²) in [6.07, 6.45) is 0. The number of hydrogen-bond acceptors (Lipinski definition) is 4. The molecule has 0 N–H and O–H groups in total. The SMILES string of the molecule is c1ccc(-c2nc(-c3ccccc3)nc(-n3c4ccccc4c4c5ccccc5c5c(sc6ccc7ccccc7c65)c43)n2)cc1. The highest BCUT2D eigenvalue weighted by atomic mass is 32.1. The smallest absolute Gasteiger partial charge is 0.238 e. The van der Waals surface area contributed by atoms with Gasteiger partial charge in [-0.2, -0.15) is 9.97 Å². The molecule has 0 unspecified atom stereocenters. The molecule has 3 heterocycles. The zero-order valence-corrected chi connectivity index (χ0v) is 25.4. The van der Waals surface area contributed by atoms with Crippen LogP contribution in [0.25, 0.3) is 92.2 Å². The topological polar surface area (TPSA) is 43.6 Å². The number of rotatable bonds is 3. The summed E-state index contributed by atoms with van der Waals surface area (Å²) >= 11 is 1.85. The van der Waals surface area contributed by atoms with E-state index >= 15 is 0 Å². The quantitative estimate of drug-likeness (QED) is 0.201. The number of hydrogen-bond donors (Lipinski definition) is 0. The van der Waals surface area contributed by atoms with Gasteiger partial charge in [-0.15, -0.1) is 11.3 Å². The van der Waals surface area contributed by atoms with Crippen molar-refractivity contribution in [2.45, 2.75) is 0 Å². The van der Waals surface area contributed by atoms with E-state index in [2.05, 4.69) is 114 Å². The van der Waals surface area contributed by atoms with Crippen molar-refractivity contribution in [3.8, 4) is 28.7 Å². The van der Waals surface area contributed by atoms with Crippen molar-refractivity contribution in [2.75, 3.05) is 0 Å². The lowest BCUT2D eigenvalue weighted by atomic mass is 9.97. The van der Waals surface area contributed by atoms with Crippen LogP contribution in [-0.2, 0) is 0 Å². The Kier molecular flexibility index (Phi) is 5.41. The van der Waals surface area contributed by atoms with Gasteiger partial charge in [0.15, 0.2) is 11.6 Å². The van der Waals surface area contributed by atoms with Crippen molar-refractivity contribution in [2.24, 2.45) is 0 Å². The van der Waals surface area contributed by atoms with Crippen LogP contribution in [0, 0.1) is 0 Å². The lowest BCUT2D eigenvalue weighted by molar-refractivity contribution is 0.955. The van der Waals surface area contributed by atoms with Crippen LogP contribution in [0.2, 0.25) is 0 Å². The van der Waals surface area contributed by atoms with Crippen LogP contribution in [0.15, 0.2) is 146 Å². The van der Waals surface area contributed by atoms with Gasteiger partial charge in [-0.1, -0.05) is 133 Å². The van der Waals surface area contributed by atoms with Gasteiger partial charge in [-0.05, 0) is 33.7 Å². The van der Waals surface area contributed by atoms with E-state index in [1.807, 2.05) is 47.7 Å². The fourth-order valence-corrected chi connectivity index (χ4v) is 8.32. The number of fused-ring (bicyclic) bond motifs is 12. The third-order valence-corrected chi connectivity index (χ3v) is 10.2. The summed E-state index contributed by atoms with van der Waals surface area (Å²) in [4.78, 5) is 15.4. The number of thiophene rings is 1. The Bertz CT molecular complexity index is 2740. The first-order valence-corrected chi connectivity index (χ1v) is 16.2. The molecule has 0 atom stereocenters. The Hall–Kier alpha value is -5.91. The predicted molar refractivity (Wildman–Crippen MR) is 193 cm³/mol. The van der Waals surface area contributed by atoms with E-state index in [0.29, 0.717) is 17.6 Å². The molecule has 0 radical (unpaired) electrons. The fourth-order valence-electron chi connectivity index (χ4n) is 7.04. The first-order valence-electron chi connectivity index (χ1n) is 15.4. The molecule has 214 valence electrons. The fraction of sp³-hybridized carbons (Fsp3) is 0. The van der Waals surface area contributed by atoms with Crippen LogP contribution in [0.5, 0.6) is 0 Å². The first kappa shape index (κ1) is 25.4. The summed E-state index contributed by atoms with van der Waals surface area (Å²) in [6.45, 7) is 0. The Morgan fingerprint density at radius 3 is 1.70 bits per heavy atom. The van der Waals surface area contributed by atoms with Gasteiger partial charge >= 0.3 is 0 Å². The normalized spacial score (nSPS) is 11.9. The molecular formula is C41H24N4S. The molecule has 0 amide bonds. The van der Waals surface area contributed by atoms with Crippen molar-refractivity contribution in [1.82, 2.24) is 19.5 Å². The second-order valence-corrected chi connectivity index (χ2v) is 12.7. The molecule has 0 aliphatic rings. The van der Waals surface area contributed by atoms with E-state index in [4.69, 9.17) is 15.0 Å². The number of benzene rings is 7. The van der Waals surface area contributed by atoms with E-state index < -0.39 is 0 Å². The van der Waals surface area contributed by atoms with E-state index in [1.54, 1.807) is 0 Å². The van der Waals surface area contributed by atoms with Crippen molar-refractivity contribution >= 4 is 74.9 Å². The molecule has 10 rings (SSSR count). The van der Waals surface area contributed by atoms with Crippen molar-refractivity contribution < 1.29 is 0 Å². The summed E-state index contributed by atoms with van der Waals surface area (Å²) in [5.41, 5.74) is 4.10. The molecule has 4 nitrogen and oxygen atoms in total. The highest BCUT2D eigenvalue weighted by Crippen LogP contribution is 2.49. The van der Waals surface area contributed by atoms with Crippen molar-refractivity contribution in [3.05, 3.63) is 146 Å². The van der Waals surface area contributed by atoms with Gasteiger partial charge < -0.3 is 0 Å². The monoisotopic (exact) mass is 604 g/mol. The average molecular weight is 605 g/mol. The van der Waals surface area contributed by atoms with Crippen LogP contribution in [0.3, 0.4) is 0 Å². The number of nitrogens with zero attached hydrogens (tertiary/aromatic N) is 4. The van der Waals surface area contributed by atoms with E-state index in [1.165, 1.54) is 52.5 Å². The van der Waals surface area contributed by atoms with Gasteiger partial charge in [0.1, 0.15) is 0 Å². The molecule has 0 aliphatic heterocycles. The van der Waals surface area contributed by atoms with Crippen molar-refractivity contribution in [1.29, 1.82) is 0 Å². The molecule has 0 aliphatic carbocycles. The van der Waals surface area contributed by atoms with Crippen LogP contribution in [-0.4, -0.2) is 19.5 Å². The maximum Gasteiger partial charge on any atom is 0.238 e. The molecular weight excluding hydrogens is 581 g/mol. The van der Waals surface area contributed by atoms with Gasteiger partial charge in [0, 0.05) is 37.4 Å². The zero-order chi connectivity index (χ0) is 30.2. The second-order valence-electron chi connectivity index (χ2n) is 11.6. The Labute approximate surface area is 267 Å². The van der Waals surface area contributed by atoms with Gasteiger partial charge in [0.2, 0.25) is 5.95 Å². The van der Waals surface area contributed by atoms with Crippen LogP contribution < -0.4 is 0 Å². The first-order chi connectivity index (χ1) is 22.8. The molecule has 0 bridgehead atoms. The molecule has 0 spiro atoms. The van der Waals surface area contributed by atoms with E-state index in [0.717, 1.165) is 22.2 Å². The Morgan fingerprint density at radius 1 is 0.435 bits per heavy atom. The summed E-state index contributed by atoms with van der Waals surface area (Å²) in [5, 5.41) is 10.0. The molecule has 7 aromatic carbocycles. The third kappa shape index (κ3) is 3.63. The van der Waals surface area contributed by atoms with E-state index in [-0.39, 0.29) is 0 Å². The van der Waals surface area contributed by atoms with Crippen molar-refractivity contribution in [3.63, 3.8) is 0 Å². The minimum Gasteiger partial charge on any atom is -0.276 e. The summed E-state index contributed by atoms with van der Waals surface area (Å²) in [6, 6.07) is 51.1. The van der Waals surface area contributed by atoms with E-state index in [9.17, 15) is 0 Å². The zero-order valence-electron chi connectivity index (χ0n) is 24.6. The standard InChI is InChI=1S/C41H24N4S/c1-3-14-26(15-4-1)39-42-40(27-16-5-2-6-17-27)44-41(43-39)45-32-22-12-11-21-31(32)34-29-19-9-10-20-30(29)36-35-28-18-8-7-13-25(28)23-24-33(35)46-38(36)37(34)45/h1-24H. The Balaban J connectivity index is 1.43. The summed E-state index contributed by atoms with van der Waals surface area (Å²) in [5.74, 6) is 1.90. The van der Waals surface area contributed by atoms with Crippen LogP contribution >= 0.6 is 11.3 Å². The number of aromatic nitrogens is 4. The maximum atomic E-state index is 5.21. The molecule has 10 aromatic rings. The van der Waals surface area contributed by atoms with Gasteiger partial charge in [-0.3, -0.25) is 4.57 Å². The molecule has 3 aromatic heterocycles. The molecule has 0 saturated heterocycles.